The van der Waals surface area contributed by atoms with Crippen LogP contribution in [0.1, 0.15) is 5.56 Å². The summed E-state index contributed by atoms with van der Waals surface area (Å²) in [6.07, 6.45) is -5.02. The van der Waals surface area contributed by atoms with Crippen LogP contribution in [0.2, 0.25) is 0 Å². The summed E-state index contributed by atoms with van der Waals surface area (Å²) in [6, 6.07) is 4.28. The lowest BCUT2D eigenvalue weighted by molar-refractivity contribution is -0.274. The molecule has 0 radical (unpaired) electrons. The van der Waals surface area contributed by atoms with Crippen LogP contribution in [0, 0.1) is 11.6 Å². The molecule has 3 N–H and O–H groups in total. The third-order valence-corrected chi connectivity index (χ3v) is 2.85. The Hall–Kier alpha value is -2.88. The molecule has 2 amide bonds. The molecule has 2 aromatic rings. The Balaban J connectivity index is 2.14. The van der Waals surface area contributed by atoms with E-state index in [0.29, 0.717) is 6.07 Å². The van der Waals surface area contributed by atoms with E-state index in [1.807, 2.05) is 0 Å². The van der Waals surface area contributed by atoms with Crippen LogP contribution in [-0.4, -0.2) is 17.5 Å². The number of hydrogen-bond donors (Lipinski definition) is 3. The number of halogens is 5. The van der Waals surface area contributed by atoms with Gasteiger partial charge in [-0.25, -0.2) is 13.6 Å². The summed E-state index contributed by atoms with van der Waals surface area (Å²) in [6.45, 7) is -0.487. The lowest BCUT2D eigenvalue weighted by Gasteiger charge is -2.13. The topological polar surface area (TPSA) is 70.6 Å². The normalized spacial score (nSPS) is 11.1. The third-order valence-electron chi connectivity index (χ3n) is 2.85. The molecule has 0 aliphatic heterocycles. The van der Waals surface area contributed by atoms with Crippen LogP contribution in [0.25, 0.3) is 0 Å². The van der Waals surface area contributed by atoms with Gasteiger partial charge in [0.1, 0.15) is 17.4 Å². The van der Waals surface area contributed by atoms with E-state index in [4.69, 9.17) is 5.11 Å². The van der Waals surface area contributed by atoms with E-state index in [9.17, 15) is 26.7 Å². The highest BCUT2D eigenvalue weighted by Crippen LogP contribution is 2.27. The number of alkyl halides is 3. The van der Waals surface area contributed by atoms with Gasteiger partial charge in [0.15, 0.2) is 0 Å². The van der Waals surface area contributed by atoms with E-state index in [0.717, 1.165) is 24.3 Å². The smallest absolute Gasteiger partial charge is 0.406 e. The fourth-order valence-electron chi connectivity index (χ4n) is 1.92. The number of ether oxygens (including phenoxy) is 1. The van der Waals surface area contributed by atoms with Gasteiger partial charge in [0.05, 0.1) is 12.3 Å². The summed E-state index contributed by atoms with van der Waals surface area (Å²) >= 11 is 0. The molecule has 0 bridgehead atoms. The van der Waals surface area contributed by atoms with E-state index in [-0.39, 0.29) is 16.9 Å². The van der Waals surface area contributed by atoms with E-state index in [1.54, 1.807) is 0 Å². The predicted molar refractivity (Wildman–Crippen MR) is 78.0 cm³/mol. The van der Waals surface area contributed by atoms with Crippen LogP contribution in [0.3, 0.4) is 0 Å². The number of rotatable bonds is 4. The van der Waals surface area contributed by atoms with E-state index in [2.05, 4.69) is 15.4 Å². The van der Waals surface area contributed by atoms with Crippen molar-refractivity contribution in [2.45, 2.75) is 13.0 Å². The second-order valence-electron chi connectivity index (χ2n) is 4.76. The number of benzene rings is 2. The molecule has 0 fully saturated rings. The Morgan fingerprint density at radius 2 is 1.76 bits per heavy atom. The molecule has 2 rings (SSSR count). The van der Waals surface area contributed by atoms with Crippen LogP contribution in [0.4, 0.5) is 38.1 Å². The molecule has 0 unspecified atom stereocenters. The first kappa shape index (κ1) is 18.5. The molecule has 134 valence electrons. The number of urea groups is 1. The molecule has 5 nitrogen and oxygen atoms in total. The van der Waals surface area contributed by atoms with Gasteiger partial charge in [-0.2, -0.15) is 0 Å². The van der Waals surface area contributed by atoms with E-state index < -0.39 is 36.4 Å². The number of nitrogens with one attached hydrogen (secondary N) is 2. The van der Waals surface area contributed by atoms with Gasteiger partial charge >= 0.3 is 12.4 Å². The Morgan fingerprint density at radius 3 is 2.40 bits per heavy atom. The lowest BCUT2D eigenvalue weighted by Crippen LogP contribution is -2.21. The third kappa shape index (κ3) is 5.60. The highest BCUT2D eigenvalue weighted by Gasteiger charge is 2.31. The van der Waals surface area contributed by atoms with Crippen molar-refractivity contribution in [2.24, 2.45) is 0 Å². The first-order valence-electron chi connectivity index (χ1n) is 6.70. The minimum Gasteiger partial charge on any atom is -0.406 e. The summed E-state index contributed by atoms with van der Waals surface area (Å²) in [5, 5.41) is 13.4. The van der Waals surface area contributed by atoms with E-state index in [1.165, 1.54) is 6.07 Å². The first-order valence-corrected chi connectivity index (χ1v) is 6.70. The fourth-order valence-corrected chi connectivity index (χ4v) is 1.92. The lowest BCUT2D eigenvalue weighted by atomic mass is 10.2. The number of hydrogen-bond acceptors (Lipinski definition) is 3. The van der Waals surface area contributed by atoms with Gasteiger partial charge in [0.2, 0.25) is 0 Å². The summed E-state index contributed by atoms with van der Waals surface area (Å²) in [7, 11) is 0. The van der Waals surface area contributed by atoms with Crippen molar-refractivity contribution in [3.63, 3.8) is 0 Å². The second kappa shape index (κ2) is 7.34. The molecular formula is C15H11F5N2O3. The molecule has 0 spiro atoms. The van der Waals surface area contributed by atoms with Gasteiger partial charge < -0.3 is 20.5 Å². The highest BCUT2D eigenvalue weighted by atomic mass is 19.4. The van der Waals surface area contributed by atoms with Crippen molar-refractivity contribution >= 4 is 17.4 Å². The average Bonchev–Trinajstić information content (AvgIpc) is 2.44. The minimum atomic E-state index is -5.02. The largest absolute Gasteiger partial charge is 0.573 e. The molecule has 25 heavy (non-hydrogen) atoms. The second-order valence-corrected chi connectivity index (χ2v) is 4.76. The van der Waals surface area contributed by atoms with Crippen LogP contribution in [-0.2, 0) is 6.61 Å². The van der Waals surface area contributed by atoms with Crippen LogP contribution in [0.5, 0.6) is 5.75 Å². The van der Waals surface area contributed by atoms with Crippen molar-refractivity contribution in [3.05, 3.63) is 53.6 Å². The maximum Gasteiger partial charge on any atom is 0.573 e. The fraction of sp³-hybridized carbons (Fsp3) is 0.133. The molecule has 0 aromatic heterocycles. The van der Waals surface area contributed by atoms with Gasteiger partial charge in [-0.15, -0.1) is 13.2 Å². The van der Waals surface area contributed by atoms with Crippen molar-refractivity contribution < 1.29 is 36.6 Å². The molecular weight excluding hydrogens is 351 g/mol. The summed E-state index contributed by atoms with van der Waals surface area (Å²) in [5.41, 5.74) is -0.168. The number of carbonyl (C=O) groups is 1. The number of aliphatic hydroxyl groups excluding tert-OH is 1. The molecule has 0 aliphatic rings. The maximum atomic E-state index is 13.4. The van der Waals surface area contributed by atoms with Gasteiger partial charge in [0, 0.05) is 23.4 Å². The van der Waals surface area contributed by atoms with Crippen LogP contribution in [0.15, 0.2) is 36.4 Å². The molecule has 0 atom stereocenters. The molecule has 0 aliphatic carbocycles. The SMILES string of the molecule is O=C(Nc1cc(F)cc(OC(F)(F)F)c1)Nc1cc(F)ccc1CO. The Kier molecular flexibility index (Phi) is 5.42. The number of aliphatic hydroxyl groups is 1. The van der Waals surface area contributed by atoms with Crippen LogP contribution >= 0.6 is 0 Å². The highest BCUT2D eigenvalue weighted by molar-refractivity contribution is 6.00. The zero-order chi connectivity index (χ0) is 18.6. The first-order chi connectivity index (χ1) is 11.7. The van der Waals surface area contributed by atoms with Gasteiger partial charge in [0.25, 0.3) is 0 Å². The average molecular weight is 362 g/mol. The Labute approximate surface area is 138 Å². The molecule has 0 heterocycles. The minimum absolute atomic E-state index is 0.0526. The standard InChI is InChI=1S/C15H11F5N2O3/c16-9-2-1-8(7-23)13(5-9)22-14(24)21-11-3-10(17)4-12(6-11)25-15(18,19)20/h1-6,23H,7H2,(H2,21,22,24). The van der Waals surface area contributed by atoms with Gasteiger partial charge in [-0.3, -0.25) is 0 Å². The van der Waals surface area contributed by atoms with Crippen molar-refractivity contribution in [1.82, 2.24) is 0 Å². The quantitative estimate of drug-likeness (QED) is 0.720. The van der Waals surface area contributed by atoms with Crippen molar-refractivity contribution in [2.75, 3.05) is 10.6 Å². The molecule has 0 saturated heterocycles. The number of amides is 2. The van der Waals surface area contributed by atoms with Gasteiger partial charge in [-0.05, 0) is 18.2 Å². The van der Waals surface area contributed by atoms with Crippen molar-refractivity contribution in [3.8, 4) is 5.75 Å². The zero-order valence-electron chi connectivity index (χ0n) is 12.3. The number of carbonyl (C=O) groups excluding carboxylic acids is 1. The summed E-state index contributed by atoms with van der Waals surface area (Å²) < 4.78 is 66.6. The number of anilines is 2. The van der Waals surface area contributed by atoms with Crippen molar-refractivity contribution in [1.29, 1.82) is 0 Å². The van der Waals surface area contributed by atoms with E-state index >= 15 is 0 Å². The zero-order valence-corrected chi connectivity index (χ0v) is 12.3. The Bertz CT molecular complexity index is 780. The van der Waals surface area contributed by atoms with Crippen LogP contribution < -0.4 is 15.4 Å². The summed E-state index contributed by atoms with van der Waals surface area (Å²) in [5.74, 6) is -2.61. The molecule has 10 heteroatoms. The maximum absolute atomic E-state index is 13.4. The molecule has 0 saturated carbocycles. The summed E-state index contributed by atoms with van der Waals surface area (Å²) in [4.78, 5) is 11.9. The Morgan fingerprint density at radius 1 is 1.04 bits per heavy atom. The predicted octanol–water partition coefficient (Wildman–Crippen LogP) is 4.00. The molecule has 2 aromatic carbocycles. The monoisotopic (exact) mass is 362 g/mol. The van der Waals surface area contributed by atoms with Gasteiger partial charge in [-0.1, -0.05) is 6.07 Å².